The topological polar surface area (TPSA) is 58.0 Å². The van der Waals surface area contributed by atoms with E-state index < -0.39 is 0 Å². The number of fused-ring (bicyclic) bond motifs is 1. The molecule has 0 unspecified atom stereocenters. The van der Waals surface area contributed by atoms with Crippen LogP contribution in [0.4, 0.5) is 11.6 Å². The van der Waals surface area contributed by atoms with Gasteiger partial charge in [0.25, 0.3) is 0 Å². The van der Waals surface area contributed by atoms with Crippen molar-refractivity contribution in [3.63, 3.8) is 0 Å². The number of nitrogens with zero attached hydrogens (tertiary/aromatic N) is 6. The van der Waals surface area contributed by atoms with Crippen molar-refractivity contribution in [2.75, 3.05) is 36.0 Å². The monoisotopic (exact) mass is 382 g/mol. The Hall–Kier alpha value is -2.28. The molecule has 1 fully saturated rings. The first-order valence-electron chi connectivity index (χ1n) is 9.64. The van der Waals surface area contributed by atoms with Gasteiger partial charge in [-0.3, -0.25) is 0 Å². The SMILES string of the molecule is CCc1cc2c(N3CCN(c4cc(C)nc(C(C)C)n4)CC3)ncnc2s1. The zero-order chi connectivity index (χ0) is 19.0. The van der Waals surface area contributed by atoms with Gasteiger partial charge in [0.2, 0.25) is 0 Å². The van der Waals surface area contributed by atoms with Crippen LogP contribution in [0.5, 0.6) is 0 Å². The van der Waals surface area contributed by atoms with Gasteiger partial charge in [0.05, 0.1) is 5.39 Å². The molecule has 4 rings (SSSR count). The van der Waals surface area contributed by atoms with E-state index in [9.17, 15) is 0 Å². The molecule has 0 aliphatic carbocycles. The summed E-state index contributed by atoms with van der Waals surface area (Å²) >= 11 is 1.77. The second kappa shape index (κ2) is 7.38. The van der Waals surface area contributed by atoms with Crippen LogP contribution in [0.25, 0.3) is 10.2 Å². The smallest absolute Gasteiger partial charge is 0.140 e. The molecule has 0 spiro atoms. The minimum atomic E-state index is 0.339. The number of aromatic nitrogens is 4. The Bertz CT molecular complexity index is 943. The molecule has 1 aliphatic heterocycles. The normalized spacial score (nSPS) is 15.1. The Kier molecular flexibility index (Phi) is 4.95. The molecule has 0 saturated carbocycles. The number of hydrogen-bond acceptors (Lipinski definition) is 7. The molecule has 0 atom stereocenters. The Morgan fingerprint density at radius 1 is 1.04 bits per heavy atom. The molecule has 0 amide bonds. The highest BCUT2D eigenvalue weighted by molar-refractivity contribution is 7.18. The van der Waals surface area contributed by atoms with Crippen molar-refractivity contribution in [2.45, 2.75) is 40.0 Å². The minimum absolute atomic E-state index is 0.339. The molecule has 27 heavy (non-hydrogen) atoms. The first-order valence-corrected chi connectivity index (χ1v) is 10.5. The van der Waals surface area contributed by atoms with Gasteiger partial charge >= 0.3 is 0 Å². The van der Waals surface area contributed by atoms with Gasteiger partial charge in [-0.05, 0) is 19.4 Å². The van der Waals surface area contributed by atoms with Crippen LogP contribution in [-0.4, -0.2) is 46.1 Å². The minimum Gasteiger partial charge on any atom is -0.353 e. The summed E-state index contributed by atoms with van der Waals surface area (Å²) in [7, 11) is 0. The van der Waals surface area contributed by atoms with Gasteiger partial charge in [0, 0.05) is 48.7 Å². The van der Waals surface area contributed by atoms with E-state index in [-0.39, 0.29) is 0 Å². The van der Waals surface area contributed by atoms with E-state index in [1.165, 1.54) is 10.3 Å². The number of piperazine rings is 1. The quantitative estimate of drug-likeness (QED) is 0.684. The molecule has 142 valence electrons. The average Bonchev–Trinajstić information content (AvgIpc) is 3.11. The van der Waals surface area contributed by atoms with Crippen molar-refractivity contribution in [1.82, 2.24) is 19.9 Å². The molecule has 6 nitrogen and oxygen atoms in total. The fraction of sp³-hybridized carbons (Fsp3) is 0.500. The van der Waals surface area contributed by atoms with Crippen molar-refractivity contribution in [3.8, 4) is 0 Å². The lowest BCUT2D eigenvalue weighted by Gasteiger charge is -2.36. The number of thiophene rings is 1. The number of rotatable bonds is 4. The molecule has 0 aromatic carbocycles. The Morgan fingerprint density at radius 3 is 2.48 bits per heavy atom. The van der Waals surface area contributed by atoms with Gasteiger partial charge in [-0.15, -0.1) is 11.3 Å². The van der Waals surface area contributed by atoms with Gasteiger partial charge in [-0.25, -0.2) is 19.9 Å². The van der Waals surface area contributed by atoms with E-state index in [0.29, 0.717) is 5.92 Å². The second-order valence-corrected chi connectivity index (χ2v) is 8.45. The zero-order valence-electron chi connectivity index (χ0n) is 16.4. The molecule has 4 heterocycles. The highest BCUT2D eigenvalue weighted by atomic mass is 32.1. The van der Waals surface area contributed by atoms with Crippen molar-refractivity contribution >= 4 is 33.2 Å². The lowest BCUT2D eigenvalue weighted by atomic mass is 10.2. The van der Waals surface area contributed by atoms with Crippen LogP contribution in [0, 0.1) is 6.92 Å². The summed E-state index contributed by atoms with van der Waals surface area (Å²) < 4.78 is 0. The maximum Gasteiger partial charge on any atom is 0.140 e. The summed E-state index contributed by atoms with van der Waals surface area (Å²) in [4.78, 5) is 25.6. The molecule has 1 aliphatic rings. The highest BCUT2D eigenvalue weighted by Crippen LogP contribution is 2.31. The van der Waals surface area contributed by atoms with Crippen LogP contribution in [0.3, 0.4) is 0 Å². The van der Waals surface area contributed by atoms with Crippen LogP contribution in [0.2, 0.25) is 0 Å². The summed E-state index contributed by atoms with van der Waals surface area (Å²) in [5.41, 5.74) is 1.04. The predicted octanol–water partition coefficient (Wildman–Crippen LogP) is 3.80. The van der Waals surface area contributed by atoms with Crippen LogP contribution < -0.4 is 9.80 Å². The van der Waals surface area contributed by atoms with Gasteiger partial charge in [-0.1, -0.05) is 20.8 Å². The maximum absolute atomic E-state index is 4.79. The highest BCUT2D eigenvalue weighted by Gasteiger charge is 2.22. The third-order valence-corrected chi connectivity index (χ3v) is 6.17. The standard InChI is InChI=1S/C20H26N6S/c1-5-15-11-16-19(21-12-22-20(16)27-15)26-8-6-25(7-9-26)17-10-14(4)23-18(24-17)13(2)3/h10-13H,5-9H2,1-4H3. The molecular formula is C20H26N6S. The number of hydrogen-bond donors (Lipinski definition) is 0. The Morgan fingerprint density at radius 2 is 1.78 bits per heavy atom. The third-order valence-electron chi connectivity index (χ3n) is 4.99. The fourth-order valence-corrected chi connectivity index (χ4v) is 4.39. The van der Waals surface area contributed by atoms with Crippen molar-refractivity contribution in [1.29, 1.82) is 0 Å². The van der Waals surface area contributed by atoms with E-state index in [4.69, 9.17) is 4.98 Å². The molecule has 0 radical (unpaired) electrons. The second-order valence-electron chi connectivity index (χ2n) is 7.34. The zero-order valence-corrected chi connectivity index (χ0v) is 17.3. The van der Waals surface area contributed by atoms with Gasteiger partial charge in [0.1, 0.15) is 28.6 Å². The van der Waals surface area contributed by atoms with Crippen LogP contribution in [0.1, 0.15) is 43.1 Å². The Labute approximate surface area is 164 Å². The van der Waals surface area contributed by atoms with Crippen LogP contribution in [-0.2, 0) is 6.42 Å². The van der Waals surface area contributed by atoms with E-state index in [2.05, 4.69) is 57.7 Å². The fourth-order valence-electron chi connectivity index (χ4n) is 3.46. The predicted molar refractivity (Wildman–Crippen MR) is 112 cm³/mol. The summed E-state index contributed by atoms with van der Waals surface area (Å²) in [6.45, 7) is 12.3. The molecule has 3 aromatic rings. The summed E-state index contributed by atoms with van der Waals surface area (Å²) in [5.74, 6) is 3.38. The van der Waals surface area contributed by atoms with Gasteiger partial charge in [0.15, 0.2) is 0 Å². The van der Waals surface area contributed by atoms with Gasteiger partial charge < -0.3 is 9.80 Å². The van der Waals surface area contributed by atoms with Gasteiger partial charge in [-0.2, -0.15) is 0 Å². The summed E-state index contributed by atoms with van der Waals surface area (Å²) in [6.07, 6.45) is 2.74. The first-order chi connectivity index (χ1) is 13.0. The molecule has 3 aromatic heterocycles. The average molecular weight is 383 g/mol. The lowest BCUT2D eigenvalue weighted by molar-refractivity contribution is 0.637. The number of aryl methyl sites for hydroxylation is 2. The summed E-state index contributed by atoms with van der Waals surface area (Å²) in [5, 5.41) is 1.19. The van der Waals surface area contributed by atoms with Crippen LogP contribution in [0.15, 0.2) is 18.5 Å². The third kappa shape index (κ3) is 3.60. The molecule has 0 bridgehead atoms. The molecule has 0 N–H and O–H groups in total. The first kappa shape index (κ1) is 18.1. The van der Waals surface area contributed by atoms with E-state index in [1.807, 2.05) is 6.92 Å². The molecule has 1 saturated heterocycles. The largest absolute Gasteiger partial charge is 0.353 e. The van der Waals surface area contributed by atoms with Crippen molar-refractivity contribution in [2.24, 2.45) is 0 Å². The van der Waals surface area contributed by atoms with E-state index in [1.54, 1.807) is 17.7 Å². The number of anilines is 2. The van der Waals surface area contributed by atoms with E-state index >= 15 is 0 Å². The summed E-state index contributed by atoms with van der Waals surface area (Å²) in [6, 6.07) is 4.35. The Balaban J connectivity index is 1.54. The van der Waals surface area contributed by atoms with Crippen molar-refractivity contribution < 1.29 is 0 Å². The van der Waals surface area contributed by atoms with Crippen LogP contribution >= 0.6 is 11.3 Å². The van der Waals surface area contributed by atoms with Crippen molar-refractivity contribution in [3.05, 3.63) is 34.9 Å². The lowest BCUT2D eigenvalue weighted by Crippen LogP contribution is -2.47. The molecular weight excluding hydrogens is 356 g/mol. The maximum atomic E-state index is 4.79. The molecule has 7 heteroatoms. The van der Waals surface area contributed by atoms with E-state index in [0.717, 1.165) is 60.6 Å².